The van der Waals surface area contributed by atoms with Crippen molar-refractivity contribution in [3.63, 3.8) is 0 Å². The Balaban J connectivity index is 1.66. The average Bonchev–Trinajstić information content (AvgIpc) is 3.15. The zero-order valence-corrected chi connectivity index (χ0v) is 12.3. The van der Waals surface area contributed by atoms with E-state index in [4.69, 9.17) is 10.2 Å². The minimum Gasteiger partial charge on any atom is -0.472 e. The number of nitrogens with two attached hydrogens (primary N) is 1. The lowest BCUT2D eigenvalue weighted by Crippen LogP contribution is -2.43. The first-order chi connectivity index (χ1) is 10.2. The smallest absolute Gasteiger partial charge is 0.265 e. The molecule has 112 valence electrons. The number of furan rings is 1. The number of carbonyl (C=O) groups excluding carboxylic acids is 1. The highest BCUT2D eigenvalue weighted by molar-refractivity contribution is 7.18. The Kier molecular flexibility index (Phi) is 4.07. The van der Waals surface area contributed by atoms with Crippen molar-refractivity contribution < 1.29 is 9.21 Å². The average molecular weight is 307 g/mol. The van der Waals surface area contributed by atoms with E-state index in [0.29, 0.717) is 17.2 Å². The van der Waals surface area contributed by atoms with Gasteiger partial charge in [0.25, 0.3) is 5.91 Å². The highest BCUT2D eigenvalue weighted by Crippen LogP contribution is 2.28. The second-order valence-corrected chi connectivity index (χ2v) is 5.74. The number of hydrogen-bond acceptors (Lipinski definition) is 7. The van der Waals surface area contributed by atoms with E-state index >= 15 is 0 Å². The van der Waals surface area contributed by atoms with Crippen molar-refractivity contribution in [3.05, 3.63) is 29.0 Å². The summed E-state index contributed by atoms with van der Waals surface area (Å²) in [6.07, 6.45) is 3.17. The molecular weight excluding hydrogens is 290 g/mol. The number of rotatable bonds is 4. The normalized spacial score (nSPS) is 15.1. The number of nitrogen functional groups attached to an aromatic ring is 1. The lowest BCUT2D eigenvalue weighted by atomic mass is 10.3. The summed E-state index contributed by atoms with van der Waals surface area (Å²) < 4.78 is 4.96. The minimum atomic E-state index is -0.201. The topological polar surface area (TPSA) is 96.4 Å². The third-order valence-corrected chi connectivity index (χ3v) is 4.40. The number of thiazole rings is 1. The predicted octanol–water partition coefficient (Wildman–Crippen LogP) is 0.658. The maximum Gasteiger partial charge on any atom is 0.265 e. The Hall–Kier alpha value is -2.06. The first-order valence-electron chi connectivity index (χ1n) is 6.75. The van der Waals surface area contributed by atoms with E-state index < -0.39 is 0 Å². The molecule has 0 saturated carbocycles. The van der Waals surface area contributed by atoms with Gasteiger partial charge in [-0.3, -0.25) is 4.79 Å². The standard InChI is InChI=1S/C13H17N5O2S/c14-11-10(12(19)16-7-9-1-6-20-8-9)21-13(17-11)18-4-2-15-3-5-18/h1,6,8,15H,2-5,7,14H2,(H,16,19). The van der Waals surface area contributed by atoms with E-state index in [2.05, 4.69) is 20.5 Å². The van der Waals surface area contributed by atoms with Gasteiger partial charge in [-0.25, -0.2) is 4.98 Å². The molecule has 0 unspecified atom stereocenters. The van der Waals surface area contributed by atoms with Crippen molar-refractivity contribution in [1.29, 1.82) is 0 Å². The van der Waals surface area contributed by atoms with Crippen LogP contribution in [0.2, 0.25) is 0 Å². The lowest BCUT2D eigenvalue weighted by molar-refractivity contribution is 0.0955. The number of anilines is 2. The summed E-state index contributed by atoms with van der Waals surface area (Å²) in [5.41, 5.74) is 6.79. The molecule has 3 rings (SSSR count). The largest absolute Gasteiger partial charge is 0.472 e. The summed E-state index contributed by atoms with van der Waals surface area (Å²) >= 11 is 1.34. The number of nitrogens with one attached hydrogen (secondary N) is 2. The molecule has 1 fully saturated rings. The fraction of sp³-hybridized carbons (Fsp3) is 0.385. The van der Waals surface area contributed by atoms with Gasteiger partial charge in [0, 0.05) is 38.3 Å². The zero-order chi connectivity index (χ0) is 14.7. The van der Waals surface area contributed by atoms with Crippen LogP contribution in [0.4, 0.5) is 10.9 Å². The number of nitrogens with zero attached hydrogens (tertiary/aromatic N) is 2. The number of amides is 1. The molecule has 2 aromatic heterocycles. The molecule has 0 bridgehead atoms. The summed E-state index contributed by atoms with van der Waals surface area (Å²) in [5.74, 6) is 0.0887. The third kappa shape index (κ3) is 3.17. The van der Waals surface area contributed by atoms with Crippen molar-refractivity contribution >= 4 is 28.2 Å². The molecule has 0 aliphatic carbocycles. The molecule has 2 aromatic rings. The van der Waals surface area contributed by atoms with Crippen LogP contribution in [0.1, 0.15) is 15.2 Å². The van der Waals surface area contributed by atoms with Crippen LogP contribution in [0, 0.1) is 0 Å². The molecular formula is C13H17N5O2S. The SMILES string of the molecule is Nc1nc(N2CCNCC2)sc1C(=O)NCc1ccoc1. The fourth-order valence-corrected chi connectivity index (χ4v) is 3.08. The van der Waals surface area contributed by atoms with Crippen molar-refractivity contribution in [3.8, 4) is 0 Å². The van der Waals surface area contributed by atoms with Crippen molar-refractivity contribution in [2.45, 2.75) is 6.54 Å². The Morgan fingerprint density at radius 3 is 3.05 bits per heavy atom. The third-order valence-electron chi connectivity index (χ3n) is 3.27. The van der Waals surface area contributed by atoms with E-state index in [-0.39, 0.29) is 5.91 Å². The Morgan fingerprint density at radius 1 is 1.52 bits per heavy atom. The van der Waals surface area contributed by atoms with E-state index in [9.17, 15) is 4.79 Å². The molecule has 1 amide bonds. The predicted molar refractivity (Wildman–Crippen MR) is 81.5 cm³/mol. The van der Waals surface area contributed by atoms with Crippen LogP contribution in [-0.2, 0) is 6.54 Å². The molecule has 0 radical (unpaired) electrons. The summed E-state index contributed by atoms with van der Waals surface area (Å²) in [5, 5.41) is 6.91. The number of aromatic nitrogens is 1. The van der Waals surface area contributed by atoms with Gasteiger partial charge in [-0.15, -0.1) is 0 Å². The van der Waals surface area contributed by atoms with Crippen molar-refractivity contribution in [2.75, 3.05) is 36.8 Å². The maximum absolute atomic E-state index is 12.2. The Labute approximate surface area is 126 Å². The second-order valence-electron chi connectivity index (χ2n) is 4.76. The van der Waals surface area contributed by atoms with Crippen LogP contribution >= 0.6 is 11.3 Å². The summed E-state index contributed by atoms with van der Waals surface area (Å²) in [6.45, 7) is 4.00. The molecule has 0 aromatic carbocycles. The first kappa shape index (κ1) is 13.9. The molecule has 7 nitrogen and oxygen atoms in total. The van der Waals surface area contributed by atoms with Gasteiger partial charge in [-0.05, 0) is 6.07 Å². The van der Waals surface area contributed by atoms with Gasteiger partial charge in [-0.2, -0.15) is 0 Å². The summed E-state index contributed by atoms with van der Waals surface area (Å²) in [4.78, 5) is 19.1. The molecule has 0 atom stereocenters. The van der Waals surface area contributed by atoms with Gasteiger partial charge in [0.1, 0.15) is 10.7 Å². The van der Waals surface area contributed by atoms with Gasteiger partial charge in [0.2, 0.25) is 0 Å². The van der Waals surface area contributed by atoms with Gasteiger partial charge < -0.3 is 25.7 Å². The molecule has 1 saturated heterocycles. The van der Waals surface area contributed by atoms with Gasteiger partial charge in [-0.1, -0.05) is 11.3 Å². The van der Waals surface area contributed by atoms with E-state index in [1.807, 2.05) is 6.07 Å². The Bertz CT molecular complexity index is 604. The van der Waals surface area contributed by atoms with Crippen molar-refractivity contribution in [2.24, 2.45) is 0 Å². The molecule has 1 aliphatic heterocycles. The quantitative estimate of drug-likeness (QED) is 0.768. The zero-order valence-electron chi connectivity index (χ0n) is 11.5. The summed E-state index contributed by atoms with van der Waals surface area (Å²) in [6, 6.07) is 1.81. The molecule has 4 N–H and O–H groups in total. The van der Waals surface area contributed by atoms with Gasteiger partial charge in [0.05, 0.1) is 12.5 Å². The molecule has 0 spiro atoms. The van der Waals surface area contributed by atoms with E-state index in [1.54, 1.807) is 12.5 Å². The molecule has 21 heavy (non-hydrogen) atoms. The van der Waals surface area contributed by atoms with E-state index in [0.717, 1.165) is 36.9 Å². The minimum absolute atomic E-state index is 0.201. The van der Waals surface area contributed by atoms with Crippen LogP contribution in [0.15, 0.2) is 23.0 Å². The molecule has 1 aliphatic rings. The van der Waals surface area contributed by atoms with Crippen LogP contribution in [-0.4, -0.2) is 37.1 Å². The van der Waals surface area contributed by atoms with Gasteiger partial charge >= 0.3 is 0 Å². The maximum atomic E-state index is 12.2. The summed E-state index contributed by atoms with van der Waals surface area (Å²) in [7, 11) is 0. The van der Waals surface area contributed by atoms with Crippen LogP contribution < -0.4 is 21.3 Å². The first-order valence-corrected chi connectivity index (χ1v) is 7.57. The fourth-order valence-electron chi connectivity index (χ4n) is 2.13. The Morgan fingerprint density at radius 2 is 2.33 bits per heavy atom. The highest BCUT2D eigenvalue weighted by Gasteiger charge is 2.20. The monoisotopic (exact) mass is 307 g/mol. The lowest BCUT2D eigenvalue weighted by Gasteiger charge is -2.26. The van der Waals surface area contributed by atoms with Crippen LogP contribution in [0.25, 0.3) is 0 Å². The number of hydrogen-bond donors (Lipinski definition) is 3. The second kappa shape index (κ2) is 6.15. The number of carbonyl (C=O) groups is 1. The van der Waals surface area contributed by atoms with E-state index in [1.165, 1.54) is 11.3 Å². The number of piperazine rings is 1. The highest BCUT2D eigenvalue weighted by atomic mass is 32.1. The van der Waals surface area contributed by atoms with Crippen LogP contribution in [0.3, 0.4) is 0 Å². The van der Waals surface area contributed by atoms with Crippen LogP contribution in [0.5, 0.6) is 0 Å². The van der Waals surface area contributed by atoms with Gasteiger partial charge in [0.15, 0.2) is 5.13 Å². The molecule has 8 heteroatoms. The van der Waals surface area contributed by atoms with Crippen molar-refractivity contribution in [1.82, 2.24) is 15.6 Å². The molecule has 3 heterocycles.